The van der Waals surface area contributed by atoms with Gasteiger partial charge in [-0.25, -0.2) is 0 Å². The standard InChI is InChI=1S/C21H24N4O3S/c1-13-6-7-14(2)17(11-13)20(27)15(3)29-21-24-23-19(9-8-18(22)26)25(21)12-16-5-4-10-28-16/h4-7,10-11,15H,8-9,12H2,1-3H3,(H2,22,26)/t15-/m1/s1. The van der Waals surface area contributed by atoms with E-state index in [9.17, 15) is 9.59 Å². The predicted octanol–water partition coefficient (Wildman–Crippen LogP) is 3.32. The van der Waals surface area contributed by atoms with E-state index < -0.39 is 5.91 Å². The topological polar surface area (TPSA) is 104 Å². The highest BCUT2D eigenvalue weighted by Crippen LogP contribution is 2.27. The van der Waals surface area contributed by atoms with Gasteiger partial charge in [0.25, 0.3) is 0 Å². The molecule has 2 aromatic heterocycles. The number of carbonyl (C=O) groups is 2. The molecule has 2 N–H and O–H groups in total. The quantitative estimate of drug-likeness (QED) is 0.427. The molecule has 0 aliphatic heterocycles. The first-order valence-electron chi connectivity index (χ1n) is 9.36. The molecule has 0 saturated carbocycles. The summed E-state index contributed by atoms with van der Waals surface area (Å²) >= 11 is 1.35. The van der Waals surface area contributed by atoms with Crippen molar-refractivity contribution in [2.45, 2.75) is 50.6 Å². The minimum absolute atomic E-state index is 0.0439. The lowest BCUT2D eigenvalue weighted by molar-refractivity contribution is -0.118. The number of benzene rings is 1. The van der Waals surface area contributed by atoms with Gasteiger partial charge in [-0.15, -0.1) is 10.2 Å². The van der Waals surface area contributed by atoms with E-state index >= 15 is 0 Å². The average Bonchev–Trinajstić information content (AvgIpc) is 3.32. The zero-order valence-corrected chi connectivity index (χ0v) is 17.5. The van der Waals surface area contributed by atoms with Gasteiger partial charge in [-0.2, -0.15) is 0 Å². The molecule has 1 atom stereocenters. The molecule has 0 bridgehead atoms. The van der Waals surface area contributed by atoms with Gasteiger partial charge in [-0.1, -0.05) is 29.5 Å². The second-order valence-corrected chi connectivity index (χ2v) is 8.28. The van der Waals surface area contributed by atoms with Crippen LogP contribution in [0, 0.1) is 13.8 Å². The predicted molar refractivity (Wildman–Crippen MR) is 111 cm³/mol. The number of rotatable bonds is 9. The van der Waals surface area contributed by atoms with Gasteiger partial charge in [-0.3, -0.25) is 14.2 Å². The van der Waals surface area contributed by atoms with Gasteiger partial charge < -0.3 is 10.2 Å². The highest BCUT2D eigenvalue weighted by Gasteiger charge is 2.23. The number of furan rings is 1. The molecule has 0 saturated heterocycles. The maximum absolute atomic E-state index is 13.0. The molecule has 0 unspecified atom stereocenters. The number of carbonyl (C=O) groups excluding carboxylic acids is 2. The van der Waals surface area contributed by atoms with Crippen LogP contribution in [0.4, 0.5) is 0 Å². The normalized spacial score (nSPS) is 12.1. The largest absolute Gasteiger partial charge is 0.467 e. The first kappa shape index (κ1) is 20.9. The number of nitrogens with two attached hydrogens (primary N) is 1. The molecule has 8 heteroatoms. The number of primary amides is 1. The van der Waals surface area contributed by atoms with Crippen LogP contribution in [-0.2, 0) is 17.8 Å². The number of hydrogen-bond donors (Lipinski definition) is 1. The lowest BCUT2D eigenvalue weighted by Gasteiger charge is -2.14. The van der Waals surface area contributed by atoms with E-state index in [1.807, 2.05) is 55.7 Å². The summed E-state index contributed by atoms with van der Waals surface area (Å²) in [5, 5.41) is 8.73. The molecule has 152 valence electrons. The second-order valence-electron chi connectivity index (χ2n) is 6.97. The summed E-state index contributed by atoms with van der Waals surface area (Å²) in [6.07, 6.45) is 2.16. The Morgan fingerprint density at radius 1 is 1.24 bits per heavy atom. The van der Waals surface area contributed by atoms with Crippen LogP contribution in [0.25, 0.3) is 0 Å². The number of aryl methyl sites for hydroxylation is 3. The Balaban J connectivity index is 1.84. The van der Waals surface area contributed by atoms with Crippen LogP contribution < -0.4 is 5.73 Å². The zero-order valence-electron chi connectivity index (χ0n) is 16.7. The van der Waals surface area contributed by atoms with Crippen LogP contribution in [0.5, 0.6) is 0 Å². The number of hydrogen-bond acceptors (Lipinski definition) is 6. The third-order valence-corrected chi connectivity index (χ3v) is 5.67. The molecule has 0 spiro atoms. The first-order chi connectivity index (χ1) is 13.8. The molecule has 3 aromatic rings. The van der Waals surface area contributed by atoms with Gasteiger partial charge in [0.2, 0.25) is 5.91 Å². The maximum Gasteiger partial charge on any atom is 0.217 e. The summed E-state index contributed by atoms with van der Waals surface area (Å²) < 4.78 is 7.32. The SMILES string of the molecule is Cc1ccc(C)c(C(=O)[C@@H](C)Sc2nnc(CCC(N)=O)n2Cc2ccco2)c1. The van der Waals surface area contributed by atoms with Crippen molar-refractivity contribution in [3.05, 3.63) is 64.9 Å². The molecule has 7 nitrogen and oxygen atoms in total. The van der Waals surface area contributed by atoms with Crippen molar-refractivity contribution >= 4 is 23.5 Å². The lowest BCUT2D eigenvalue weighted by Crippen LogP contribution is -2.17. The average molecular weight is 413 g/mol. The fourth-order valence-corrected chi connectivity index (χ4v) is 3.91. The van der Waals surface area contributed by atoms with Crippen LogP contribution in [0.2, 0.25) is 0 Å². The Bertz CT molecular complexity index is 1010. The Morgan fingerprint density at radius 2 is 2.03 bits per heavy atom. The molecule has 29 heavy (non-hydrogen) atoms. The van der Waals surface area contributed by atoms with Crippen LogP contribution in [0.15, 0.2) is 46.2 Å². The van der Waals surface area contributed by atoms with Crippen molar-refractivity contribution in [3.63, 3.8) is 0 Å². The Kier molecular flexibility index (Phi) is 6.53. The van der Waals surface area contributed by atoms with Gasteiger partial charge in [0.05, 0.1) is 18.1 Å². The van der Waals surface area contributed by atoms with E-state index in [-0.39, 0.29) is 17.5 Å². The minimum atomic E-state index is -0.398. The van der Waals surface area contributed by atoms with Gasteiger partial charge in [-0.05, 0) is 44.5 Å². The van der Waals surface area contributed by atoms with Gasteiger partial charge in [0.1, 0.15) is 11.6 Å². The fourth-order valence-electron chi connectivity index (χ4n) is 2.98. The molecule has 0 radical (unpaired) electrons. The molecule has 0 fully saturated rings. The van der Waals surface area contributed by atoms with Crippen molar-refractivity contribution < 1.29 is 14.0 Å². The maximum atomic E-state index is 13.0. The van der Waals surface area contributed by atoms with Gasteiger partial charge in [0.15, 0.2) is 10.9 Å². The van der Waals surface area contributed by atoms with Crippen molar-refractivity contribution in [3.8, 4) is 0 Å². The van der Waals surface area contributed by atoms with Crippen molar-refractivity contribution in [2.24, 2.45) is 5.73 Å². The summed E-state index contributed by atoms with van der Waals surface area (Å²) in [6.45, 7) is 6.19. The van der Waals surface area contributed by atoms with Crippen LogP contribution in [0.3, 0.4) is 0 Å². The summed E-state index contributed by atoms with van der Waals surface area (Å²) in [5.41, 5.74) is 8.00. The summed E-state index contributed by atoms with van der Waals surface area (Å²) in [4.78, 5) is 24.2. The van der Waals surface area contributed by atoms with Crippen LogP contribution in [0.1, 0.15) is 46.4 Å². The first-order valence-corrected chi connectivity index (χ1v) is 10.2. The second kappa shape index (κ2) is 9.09. The molecule has 1 aromatic carbocycles. The van der Waals surface area contributed by atoms with Gasteiger partial charge in [0, 0.05) is 18.4 Å². The van der Waals surface area contributed by atoms with Gasteiger partial charge >= 0.3 is 0 Å². The summed E-state index contributed by atoms with van der Waals surface area (Å²) in [6, 6.07) is 9.54. The van der Waals surface area contributed by atoms with Crippen molar-refractivity contribution in [1.29, 1.82) is 0 Å². The van der Waals surface area contributed by atoms with Crippen molar-refractivity contribution in [1.82, 2.24) is 14.8 Å². The van der Waals surface area contributed by atoms with E-state index in [1.54, 1.807) is 6.26 Å². The van der Waals surface area contributed by atoms with Crippen LogP contribution >= 0.6 is 11.8 Å². The summed E-state index contributed by atoms with van der Waals surface area (Å²) in [5.74, 6) is 1.02. The number of Topliss-reactive ketones (excluding diaryl/α,β-unsaturated/α-hetero) is 1. The third kappa shape index (κ3) is 5.14. The Hall–Kier alpha value is -2.87. The molecular weight excluding hydrogens is 388 g/mol. The number of ketones is 1. The van der Waals surface area contributed by atoms with E-state index in [0.29, 0.717) is 23.9 Å². The highest BCUT2D eigenvalue weighted by atomic mass is 32.2. The number of aromatic nitrogens is 3. The van der Waals surface area contributed by atoms with E-state index in [2.05, 4.69) is 10.2 Å². The fraction of sp³-hybridized carbons (Fsp3) is 0.333. The third-order valence-electron chi connectivity index (χ3n) is 4.59. The van der Waals surface area contributed by atoms with Crippen molar-refractivity contribution in [2.75, 3.05) is 0 Å². The van der Waals surface area contributed by atoms with E-state index in [1.165, 1.54) is 11.8 Å². The van der Waals surface area contributed by atoms with E-state index in [0.717, 1.165) is 22.5 Å². The monoisotopic (exact) mass is 412 g/mol. The molecule has 1 amide bonds. The zero-order chi connectivity index (χ0) is 21.0. The molecule has 0 aliphatic rings. The summed E-state index contributed by atoms with van der Waals surface area (Å²) in [7, 11) is 0. The molecule has 2 heterocycles. The smallest absolute Gasteiger partial charge is 0.217 e. The lowest BCUT2D eigenvalue weighted by atomic mass is 10.0. The number of thioether (sulfide) groups is 1. The molecule has 3 rings (SSSR count). The Labute approximate surface area is 173 Å². The van der Waals surface area contributed by atoms with E-state index in [4.69, 9.17) is 10.2 Å². The highest BCUT2D eigenvalue weighted by molar-refractivity contribution is 8.00. The number of amides is 1. The minimum Gasteiger partial charge on any atom is -0.467 e. The van der Waals surface area contributed by atoms with Crippen LogP contribution in [-0.4, -0.2) is 31.7 Å². The molecule has 0 aliphatic carbocycles. The number of nitrogens with zero attached hydrogens (tertiary/aromatic N) is 3. The molecular formula is C21H24N4O3S. The Morgan fingerprint density at radius 3 is 2.72 bits per heavy atom.